The Morgan fingerprint density at radius 1 is 1.43 bits per heavy atom. The van der Waals surface area contributed by atoms with Gasteiger partial charge in [0.15, 0.2) is 5.15 Å². The van der Waals surface area contributed by atoms with Crippen LogP contribution in [0.1, 0.15) is 6.92 Å². The van der Waals surface area contributed by atoms with Gasteiger partial charge in [-0.25, -0.2) is 4.98 Å². The number of anilines is 1. The number of hydrogen-bond donors (Lipinski definition) is 0. The molecule has 8 heteroatoms. The van der Waals surface area contributed by atoms with E-state index in [0.717, 1.165) is 33.8 Å². The monoisotopic (exact) mass is 349 g/mol. The van der Waals surface area contributed by atoms with Crippen molar-refractivity contribution in [2.45, 2.75) is 13.0 Å². The fourth-order valence-electron chi connectivity index (χ4n) is 2.92. The van der Waals surface area contributed by atoms with E-state index in [1.807, 2.05) is 17.8 Å². The lowest BCUT2D eigenvalue weighted by Crippen LogP contribution is -2.44. The van der Waals surface area contributed by atoms with E-state index >= 15 is 0 Å². The standard InChI is InChI=1S/C15H16ClN5OS/c1-9-8-22-6-5-21(9)12-7-10(11-3-4-17-20(11)2)14-13(18-12)15(16)19-23-14/h3-4,7,9H,5-6,8H2,1-2H3/t9-/m1/s1. The van der Waals surface area contributed by atoms with E-state index in [9.17, 15) is 0 Å². The van der Waals surface area contributed by atoms with Crippen LogP contribution in [0.3, 0.4) is 0 Å². The van der Waals surface area contributed by atoms with Gasteiger partial charge in [-0.2, -0.15) is 9.47 Å². The molecule has 4 rings (SSSR count). The van der Waals surface area contributed by atoms with Crippen LogP contribution in [0.5, 0.6) is 0 Å². The van der Waals surface area contributed by atoms with Gasteiger partial charge in [0.25, 0.3) is 0 Å². The lowest BCUT2D eigenvalue weighted by atomic mass is 10.1. The molecule has 0 saturated carbocycles. The second-order valence-corrected chi connectivity index (χ2v) is 6.77. The van der Waals surface area contributed by atoms with Crippen LogP contribution in [0, 0.1) is 0 Å². The number of aryl methyl sites for hydroxylation is 1. The average molecular weight is 350 g/mol. The molecule has 1 aliphatic rings. The number of ether oxygens (including phenoxy) is 1. The largest absolute Gasteiger partial charge is 0.377 e. The molecule has 0 amide bonds. The molecule has 6 nitrogen and oxygen atoms in total. The van der Waals surface area contributed by atoms with E-state index in [0.29, 0.717) is 18.4 Å². The fraction of sp³-hybridized carbons (Fsp3) is 0.400. The highest BCUT2D eigenvalue weighted by Crippen LogP contribution is 2.37. The summed E-state index contributed by atoms with van der Waals surface area (Å²) in [6.07, 6.45) is 1.79. The number of rotatable bonds is 2. The first-order valence-corrected chi connectivity index (χ1v) is 8.59. The van der Waals surface area contributed by atoms with Crippen molar-refractivity contribution in [3.05, 3.63) is 23.5 Å². The Morgan fingerprint density at radius 2 is 2.30 bits per heavy atom. The molecule has 0 N–H and O–H groups in total. The predicted octanol–water partition coefficient (Wildman–Crippen LogP) is 2.97. The molecule has 1 saturated heterocycles. The minimum absolute atomic E-state index is 0.276. The van der Waals surface area contributed by atoms with Gasteiger partial charge in [-0.05, 0) is 30.6 Å². The van der Waals surface area contributed by atoms with Gasteiger partial charge in [-0.3, -0.25) is 4.68 Å². The van der Waals surface area contributed by atoms with Gasteiger partial charge in [0.2, 0.25) is 0 Å². The van der Waals surface area contributed by atoms with E-state index in [-0.39, 0.29) is 6.04 Å². The molecular formula is C15H16ClN5OS. The summed E-state index contributed by atoms with van der Waals surface area (Å²) in [5, 5.41) is 4.73. The van der Waals surface area contributed by atoms with Crippen LogP contribution in [0.15, 0.2) is 18.3 Å². The summed E-state index contributed by atoms with van der Waals surface area (Å²) < 4.78 is 12.6. The Morgan fingerprint density at radius 3 is 3.04 bits per heavy atom. The molecule has 0 spiro atoms. The number of pyridine rings is 1. The van der Waals surface area contributed by atoms with Gasteiger partial charge < -0.3 is 9.64 Å². The SMILES string of the molecule is C[C@@H]1COCCN1c1cc(-c2ccnn2C)c2snc(Cl)c2n1. The molecule has 3 aromatic heterocycles. The zero-order valence-corrected chi connectivity index (χ0v) is 14.4. The zero-order valence-electron chi connectivity index (χ0n) is 12.9. The van der Waals surface area contributed by atoms with Gasteiger partial charge in [0, 0.05) is 25.4 Å². The molecule has 23 heavy (non-hydrogen) atoms. The number of aromatic nitrogens is 4. The molecule has 3 aromatic rings. The number of hydrogen-bond acceptors (Lipinski definition) is 6. The number of fused-ring (bicyclic) bond motifs is 1. The van der Waals surface area contributed by atoms with Crippen LogP contribution in [0.2, 0.25) is 5.15 Å². The van der Waals surface area contributed by atoms with Crippen LogP contribution in [0.25, 0.3) is 21.5 Å². The summed E-state index contributed by atoms with van der Waals surface area (Å²) in [6, 6.07) is 4.38. The number of morpholine rings is 1. The fourth-order valence-corrected chi connectivity index (χ4v) is 3.97. The molecular weight excluding hydrogens is 334 g/mol. The van der Waals surface area contributed by atoms with Gasteiger partial charge in [0.1, 0.15) is 11.3 Å². The number of halogens is 1. The Balaban J connectivity index is 1.93. The summed E-state index contributed by atoms with van der Waals surface area (Å²) in [6.45, 7) is 4.37. The lowest BCUT2D eigenvalue weighted by Gasteiger charge is -2.34. The van der Waals surface area contributed by atoms with Crippen molar-refractivity contribution in [1.29, 1.82) is 0 Å². The molecule has 0 unspecified atom stereocenters. The Labute approximate surface area is 142 Å². The lowest BCUT2D eigenvalue weighted by molar-refractivity contribution is 0.0986. The Bertz CT molecular complexity index is 861. The zero-order chi connectivity index (χ0) is 16.0. The van der Waals surface area contributed by atoms with Crippen LogP contribution in [-0.2, 0) is 11.8 Å². The second kappa shape index (κ2) is 5.74. The molecule has 0 radical (unpaired) electrons. The first kappa shape index (κ1) is 14.9. The van der Waals surface area contributed by atoms with Crippen molar-refractivity contribution < 1.29 is 4.74 Å². The highest BCUT2D eigenvalue weighted by atomic mass is 35.5. The molecule has 0 aromatic carbocycles. The van der Waals surface area contributed by atoms with Crippen molar-refractivity contribution >= 4 is 39.2 Å². The number of nitrogens with zero attached hydrogens (tertiary/aromatic N) is 5. The topological polar surface area (TPSA) is 56.1 Å². The average Bonchev–Trinajstić information content (AvgIpc) is 3.14. The predicted molar refractivity (Wildman–Crippen MR) is 92.3 cm³/mol. The normalized spacial score (nSPS) is 18.7. The third kappa shape index (κ3) is 2.49. The highest BCUT2D eigenvalue weighted by Gasteiger charge is 2.23. The first-order valence-electron chi connectivity index (χ1n) is 7.44. The van der Waals surface area contributed by atoms with Gasteiger partial charge >= 0.3 is 0 Å². The summed E-state index contributed by atoms with van der Waals surface area (Å²) in [7, 11) is 1.93. The van der Waals surface area contributed by atoms with E-state index in [4.69, 9.17) is 21.3 Å². The quantitative estimate of drug-likeness (QED) is 0.712. The van der Waals surface area contributed by atoms with Crippen LogP contribution in [-0.4, -0.2) is 44.9 Å². The molecule has 120 valence electrons. The van der Waals surface area contributed by atoms with E-state index in [1.54, 1.807) is 6.20 Å². The summed E-state index contributed by atoms with van der Waals surface area (Å²) >= 11 is 7.64. The Kier molecular flexibility index (Phi) is 3.71. The van der Waals surface area contributed by atoms with Gasteiger partial charge in [-0.15, -0.1) is 0 Å². The van der Waals surface area contributed by atoms with Crippen molar-refractivity contribution in [3.63, 3.8) is 0 Å². The van der Waals surface area contributed by atoms with Gasteiger partial charge in [-0.1, -0.05) is 11.6 Å². The van der Waals surface area contributed by atoms with E-state index in [1.165, 1.54) is 11.5 Å². The summed E-state index contributed by atoms with van der Waals surface area (Å²) in [4.78, 5) is 7.03. The Hall–Kier alpha value is -1.70. The second-order valence-electron chi connectivity index (χ2n) is 5.64. The van der Waals surface area contributed by atoms with Crippen molar-refractivity contribution in [2.75, 3.05) is 24.7 Å². The maximum absolute atomic E-state index is 6.26. The van der Waals surface area contributed by atoms with Crippen molar-refractivity contribution in [2.24, 2.45) is 7.05 Å². The van der Waals surface area contributed by atoms with Crippen LogP contribution in [0.4, 0.5) is 5.82 Å². The van der Waals surface area contributed by atoms with Crippen LogP contribution >= 0.6 is 23.1 Å². The molecule has 1 aliphatic heterocycles. The van der Waals surface area contributed by atoms with E-state index < -0.39 is 0 Å². The summed E-state index contributed by atoms with van der Waals surface area (Å²) in [5.74, 6) is 0.909. The molecule has 1 fully saturated rings. The minimum Gasteiger partial charge on any atom is -0.377 e. The maximum atomic E-state index is 6.26. The maximum Gasteiger partial charge on any atom is 0.169 e. The van der Waals surface area contributed by atoms with Crippen LogP contribution < -0.4 is 4.90 Å². The summed E-state index contributed by atoms with van der Waals surface area (Å²) in [5.41, 5.74) is 2.84. The van der Waals surface area contributed by atoms with Crippen molar-refractivity contribution in [3.8, 4) is 11.3 Å². The highest BCUT2D eigenvalue weighted by molar-refractivity contribution is 7.14. The third-order valence-corrected chi connectivity index (χ3v) is 5.36. The van der Waals surface area contributed by atoms with Gasteiger partial charge in [0.05, 0.1) is 29.6 Å². The van der Waals surface area contributed by atoms with E-state index in [2.05, 4.69) is 27.4 Å². The molecule has 0 bridgehead atoms. The molecule has 1 atom stereocenters. The first-order chi connectivity index (χ1) is 11.1. The molecule has 4 heterocycles. The molecule has 0 aliphatic carbocycles. The third-order valence-electron chi connectivity index (χ3n) is 4.13. The minimum atomic E-state index is 0.276. The van der Waals surface area contributed by atoms with Crippen molar-refractivity contribution in [1.82, 2.24) is 19.1 Å². The smallest absolute Gasteiger partial charge is 0.169 e.